The molecule has 5 heteroatoms. The highest BCUT2D eigenvalue weighted by Gasteiger charge is 2.35. The molecule has 2 aromatic rings. The maximum Gasteiger partial charge on any atom is 0.256 e. The molecule has 132 valence electrons. The van der Waals surface area contributed by atoms with E-state index in [0.717, 1.165) is 5.56 Å². The molecule has 0 saturated carbocycles. The molecule has 3 rings (SSSR count). The van der Waals surface area contributed by atoms with Crippen molar-refractivity contribution in [3.63, 3.8) is 0 Å². The van der Waals surface area contributed by atoms with Crippen LogP contribution in [-0.4, -0.2) is 39.7 Å². The van der Waals surface area contributed by atoms with Gasteiger partial charge in [0.15, 0.2) is 6.10 Å². The predicted molar refractivity (Wildman–Crippen MR) is 92.3 cm³/mol. The Labute approximate surface area is 146 Å². The summed E-state index contributed by atoms with van der Waals surface area (Å²) < 4.78 is 13.3. The molecule has 0 aromatic heterocycles. The van der Waals surface area contributed by atoms with E-state index in [2.05, 4.69) is 0 Å². The quantitative estimate of drug-likeness (QED) is 0.896. The van der Waals surface area contributed by atoms with Crippen molar-refractivity contribution in [1.82, 2.24) is 4.90 Å². The van der Waals surface area contributed by atoms with E-state index < -0.39 is 11.7 Å². The Balaban J connectivity index is 1.60. The smallest absolute Gasteiger partial charge is 0.256 e. The van der Waals surface area contributed by atoms with Gasteiger partial charge in [0.1, 0.15) is 5.82 Å². The van der Waals surface area contributed by atoms with Crippen LogP contribution in [0, 0.1) is 5.82 Å². The molecule has 1 fully saturated rings. The molecule has 0 spiro atoms. The summed E-state index contributed by atoms with van der Waals surface area (Å²) in [5, 5.41) is 21.0. The Morgan fingerprint density at radius 2 is 1.80 bits per heavy atom. The van der Waals surface area contributed by atoms with Crippen molar-refractivity contribution in [3.05, 3.63) is 71.5 Å². The summed E-state index contributed by atoms with van der Waals surface area (Å²) >= 11 is 0. The van der Waals surface area contributed by atoms with Crippen molar-refractivity contribution >= 4 is 5.91 Å². The molecule has 1 aliphatic rings. The summed E-state index contributed by atoms with van der Waals surface area (Å²) in [5.41, 5.74) is 0.349. The SMILES string of the molecule is O=C(C(O)c1ccccc1)N1CCC(O)(Cc2cccc(F)c2)CC1. The minimum atomic E-state index is -1.18. The van der Waals surface area contributed by atoms with Gasteiger partial charge in [0, 0.05) is 19.5 Å². The first-order valence-electron chi connectivity index (χ1n) is 8.45. The van der Waals surface area contributed by atoms with Crippen molar-refractivity contribution in [3.8, 4) is 0 Å². The van der Waals surface area contributed by atoms with Crippen molar-refractivity contribution in [2.45, 2.75) is 31.0 Å². The normalized spacial score (nSPS) is 18.0. The lowest BCUT2D eigenvalue weighted by Gasteiger charge is -2.39. The van der Waals surface area contributed by atoms with Crippen molar-refractivity contribution in [2.75, 3.05) is 13.1 Å². The van der Waals surface area contributed by atoms with Crippen molar-refractivity contribution in [2.24, 2.45) is 0 Å². The number of aliphatic hydroxyl groups is 2. The zero-order valence-electron chi connectivity index (χ0n) is 13.9. The number of amides is 1. The van der Waals surface area contributed by atoms with Gasteiger partial charge in [0.05, 0.1) is 5.60 Å². The van der Waals surface area contributed by atoms with Crippen LogP contribution in [0.15, 0.2) is 54.6 Å². The van der Waals surface area contributed by atoms with Gasteiger partial charge in [-0.15, -0.1) is 0 Å². The van der Waals surface area contributed by atoms with Gasteiger partial charge in [-0.25, -0.2) is 4.39 Å². The molecule has 1 saturated heterocycles. The van der Waals surface area contributed by atoms with E-state index in [1.54, 1.807) is 41.3 Å². The van der Waals surface area contributed by atoms with E-state index in [-0.39, 0.29) is 11.7 Å². The lowest BCUT2D eigenvalue weighted by Crippen LogP contribution is -2.49. The second-order valence-corrected chi connectivity index (χ2v) is 6.67. The standard InChI is InChI=1S/C20H22FNO3/c21-17-8-4-5-15(13-17)14-20(25)9-11-22(12-10-20)19(24)18(23)16-6-2-1-3-7-16/h1-8,13,18,23,25H,9-12,14H2. The minimum absolute atomic E-state index is 0.320. The van der Waals surface area contributed by atoms with Crippen LogP contribution < -0.4 is 0 Å². The Bertz CT molecular complexity index is 727. The van der Waals surface area contributed by atoms with Gasteiger partial charge in [-0.2, -0.15) is 0 Å². The molecule has 25 heavy (non-hydrogen) atoms. The summed E-state index contributed by atoms with van der Waals surface area (Å²) in [4.78, 5) is 14.0. The highest BCUT2D eigenvalue weighted by Crippen LogP contribution is 2.28. The number of hydrogen-bond acceptors (Lipinski definition) is 3. The molecule has 1 aliphatic heterocycles. The van der Waals surface area contributed by atoms with Gasteiger partial charge in [-0.3, -0.25) is 4.79 Å². The zero-order valence-corrected chi connectivity index (χ0v) is 13.9. The largest absolute Gasteiger partial charge is 0.389 e. The molecular weight excluding hydrogens is 321 g/mol. The van der Waals surface area contributed by atoms with Crippen LogP contribution in [0.4, 0.5) is 4.39 Å². The van der Waals surface area contributed by atoms with Crippen LogP contribution in [-0.2, 0) is 11.2 Å². The summed E-state index contributed by atoms with van der Waals surface area (Å²) in [7, 11) is 0. The molecular formula is C20H22FNO3. The van der Waals surface area contributed by atoms with Crippen molar-refractivity contribution < 1.29 is 19.4 Å². The van der Waals surface area contributed by atoms with Gasteiger partial charge in [-0.1, -0.05) is 42.5 Å². The molecule has 2 aromatic carbocycles. The number of piperidine rings is 1. The first kappa shape index (κ1) is 17.6. The lowest BCUT2D eigenvalue weighted by atomic mass is 9.85. The third-order valence-electron chi connectivity index (χ3n) is 4.78. The first-order valence-corrected chi connectivity index (χ1v) is 8.45. The maximum atomic E-state index is 13.3. The minimum Gasteiger partial charge on any atom is -0.389 e. The molecule has 1 atom stereocenters. The number of likely N-dealkylation sites (tertiary alicyclic amines) is 1. The number of benzene rings is 2. The Hall–Kier alpha value is -2.24. The second kappa shape index (κ2) is 7.33. The molecule has 0 bridgehead atoms. The van der Waals surface area contributed by atoms with Crippen LogP contribution in [0.3, 0.4) is 0 Å². The average molecular weight is 343 g/mol. The Kier molecular flexibility index (Phi) is 5.16. The fraction of sp³-hybridized carbons (Fsp3) is 0.350. The molecule has 1 unspecified atom stereocenters. The average Bonchev–Trinajstić information content (AvgIpc) is 2.61. The van der Waals surface area contributed by atoms with Crippen LogP contribution in [0.25, 0.3) is 0 Å². The predicted octanol–water partition coefficient (Wildman–Crippen LogP) is 2.46. The number of halogens is 1. The second-order valence-electron chi connectivity index (χ2n) is 6.67. The van der Waals surface area contributed by atoms with Crippen LogP contribution in [0.2, 0.25) is 0 Å². The molecule has 0 radical (unpaired) electrons. The molecule has 1 heterocycles. The fourth-order valence-electron chi connectivity index (χ4n) is 3.30. The number of nitrogens with zero attached hydrogens (tertiary/aromatic N) is 1. The van der Waals surface area contributed by atoms with Crippen LogP contribution >= 0.6 is 0 Å². The van der Waals surface area contributed by atoms with E-state index in [1.165, 1.54) is 12.1 Å². The summed E-state index contributed by atoms with van der Waals surface area (Å²) in [6.07, 6.45) is -0.0303. The Morgan fingerprint density at radius 3 is 2.44 bits per heavy atom. The maximum absolute atomic E-state index is 13.3. The summed E-state index contributed by atoms with van der Waals surface area (Å²) in [6, 6.07) is 15.0. The topological polar surface area (TPSA) is 60.8 Å². The monoisotopic (exact) mass is 343 g/mol. The number of rotatable bonds is 4. The Morgan fingerprint density at radius 1 is 1.12 bits per heavy atom. The third kappa shape index (κ3) is 4.24. The highest BCUT2D eigenvalue weighted by molar-refractivity contribution is 5.82. The highest BCUT2D eigenvalue weighted by atomic mass is 19.1. The third-order valence-corrected chi connectivity index (χ3v) is 4.78. The lowest BCUT2D eigenvalue weighted by molar-refractivity contribution is -0.144. The first-order chi connectivity index (χ1) is 12.0. The summed E-state index contributed by atoms with van der Waals surface area (Å²) in [5.74, 6) is -0.668. The van der Waals surface area contributed by atoms with E-state index in [4.69, 9.17) is 0 Å². The summed E-state index contributed by atoms with van der Waals surface area (Å²) in [6.45, 7) is 0.739. The van der Waals surface area contributed by atoms with Gasteiger partial charge in [0.2, 0.25) is 0 Å². The zero-order chi connectivity index (χ0) is 17.9. The van der Waals surface area contributed by atoms with Gasteiger partial charge in [0.25, 0.3) is 5.91 Å². The van der Waals surface area contributed by atoms with E-state index in [1.807, 2.05) is 6.07 Å². The van der Waals surface area contributed by atoms with Crippen LogP contribution in [0.5, 0.6) is 0 Å². The fourth-order valence-corrected chi connectivity index (χ4v) is 3.30. The van der Waals surface area contributed by atoms with E-state index >= 15 is 0 Å². The number of hydrogen-bond donors (Lipinski definition) is 2. The van der Waals surface area contributed by atoms with Gasteiger partial charge in [-0.05, 0) is 36.1 Å². The van der Waals surface area contributed by atoms with E-state index in [9.17, 15) is 19.4 Å². The molecule has 0 aliphatic carbocycles. The number of carbonyl (C=O) groups is 1. The van der Waals surface area contributed by atoms with E-state index in [0.29, 0.717) is 37.9 Å². The number of carbonyl (C=O) groups excluding carboxylic acids is 1. The van der Waals surface area contributed by atoms with Crippen molar-refractivity contribution in [1.29, 1.82) is 0 Å². The molecule has 1 amide bonds. The molecule has 4 nitrogen and oxygen atoms in total. The van der Waals surface area contributed by atoms with Crippen LogP contribution in [0.1, 0.15) is 30.1 Å². The molecule has 2 N–H and O–H groups in total. The van der Waals surface area contributed by atoms with Gasteiger partial charge >= 0.3 is 0 Å². The van der Waals surface area contributed by atoms with Gasteiger partial charge < -0.3 is 15.1 Å². The number of aliphatic hydroxyl groups excluding tert-OH is 1.